The second kappa shape index (κ2) is 13.5. The Morgan fingerprint density at radius 1 is 1.27 bits per heavy atom. The fourth-order valence-electron chi connectivity index (χ4n) is 4.54. The number of thioether (sulfide) groups is 1. The van der Waals surface area contributed by atoms with Gasteiger partial charge in [0.2, 0.25) is 11.8 Å². The van der Waals surface area contributed by atoms with Crippen LogP contribution in [-0.4, -0.2) is 101 Å². The van der Waals surface area contributed by atoms with Gasteiger partial charge in [0.1, 0.15) is 16.7 Å². The summed E-state index contributed by atoms with van der Waals surface area (Å²) in [6.07, 6.45) is 3.45. The van der Waals surface area contributed by atoms with Crippen LogP contribution in [0.1, 0.15) is 50.4 Å². The lowest BCUT2D eigenvalue weighted by Gasteiger charge is -2.30. The number of likely N-dealkylation sites (N-methyl/N-ethyl adjacent to an activating group) is 1. The van der Waals surface area contributed by atoms with Crippen molar-refractivity contribution in [3.63, 3.8) is 0 Å². The first kappa shape index (κ1) is 29.2. The normalized spacial score (nSPS) is 21.2. The van der Waals surface area contributed by atoms with E-state index < -0.39 is 28.1 Å². The minimum atomic E-state index is -0.929. The Labute approximate surface area is 224 Å². The number of anilines is 1. The molecule has 1 aromatic carbocycles. The molecule has 3 rings (SSSR count). The Bertz CT molecular complexity index is 939. The van der Waals surface area contributed by atoms with Crippen LogP contribution in [0.2, 0.25) is 0 Å². The molecule has 3 amide bonds. The predicted octanol–water partition coefficient (Wildman–Crippen LogP) is 0.819. The number of benzene rings is 1. The number of nitrogens with zero attached hydrogens (tertiary/aromatic N) is 2. The molecule has 2 saturated heterocycles. The van der Waals surface area contributed by atoms with Crippen molar-refractivity contribution in [3.8, 4) is 0 Å². The molecular formula is C26H42N6O4S. The van der Waals surface area contributed by atoms with Crippen molar-refractivity contribution in [1.82, 2.24) is 20.4 Å². The van der Waals surface area contributed by atoms with Crippen LogP contribution >= 0.6 is 11.8 Å². The zero-order valence-electron chi connectivity index (χ0n) is 22.2. The average molecular weight is 535 g/mol. The summed E-state index contributed by atoms with van der Waals surface area (Å²) in [6, 6.07) is 6.30. The van der Waals surface area contributed by atoms with Gasteiger partial charge in [-0.1, -0.05) is 6.07 Å². The third-order valence-corrected chi connectivity index (χ3v) is 8.25. The van der Waals surface area contributed by atoms with E-state index in [0.717, 1.165) is 31.7 Å². The van der Waals surface area contributed by atoms with Crippen molar-refractivity contribution in [2.75, 3.05) is 51.2 Å². The van der Waals surface area contributed by atoms with Gasteiger partial charge in [-0.2, -0.15) is 0 Å². The zero-order valence-corrected chi connectivity index (χ0v) is 23.0. The largest absolute Gasteiger partial charge is 0.394 e. The summed E-state index contributed by atoms with van der Waals surface area (Å²) in [5.41, 5.74) is 6.76. The maximum Gasteiger partial charge on any atom is 0.251 e. The third-order valence-electron chi connectivity index (χ3n) is 6.73. The standard InChI is InChI=1S/C26H42N6O4S/c1-4-32-24(36)20(37-25(32)21(27)23(35)30-26(2,3)17-33)16-29-19-10-7-9-18(15-19)22(34)28-11-8-14-31-12-5-6-13-31/h7,9-10,15,20-21,25,29,33H,4-6,8,11-14,16-17,27H2,1-3H3,(H,28,34)(H,30,35)/t20-,21-,25?/m1/s1. The van der Waals surface area contributed by atoms with Crippen molar-refractivity contribution in [2.45, 2.75) is 62.2 Å². The number of carbonyl (C=O) groups excluding carboxylic acids is 3. The van der Waals surface area contributed by atoms with Crippen molar-refractivity contribution in [1.29, 1.82) is 0 Å². The molecule has 11 heteroatoms. The quantitative estimate of drug-likeness (QED) is 0.234. The molecule has 0 spiro atoms. The molecule has 0 radical (unpaired) electrons. The number of nitrogens with one attached hydrogen (secondary N) is 3. The van der Waals surface area contributed by atoms with Crippen molar-refractivity contribution in [3.05, 3.63) is 29.8 Å². The Balaban J connectivity index is 1.51. The van der Waals surface area contributed by atoms with Crippen LogP contribution < -0.4 is 21.7 Å². The fourth-order valence-corrected chi connectivity index (χ4v) is 6.00. The Kier molecular flexibility index (Phi) is 10.6. The van der Waals surface area contributed by atoms with Gasteiger partial charge in [-0.15, -0.1) is 11.8 Å². The molecule has 10 nitrogen and oxygen atoms in total. The van der Waals surface area contributed by atoms with E-state index in [-0.39, 0.29) is 18.4 Å². The highest BCUT2D eigenvalue weighted by molar-refractivity contribution is 8.01. The van der Waals surface area contributed by atoms with Gasteiger partial charge in [-0.25, -0.2) is 0 Å². The van der Waals surface area contributed by atoms with Crippen molar-refractivity contribution < 1.29 is 19.5 Å². The lowest BCUT2D eigenvalue weighted by atomic mass is 10.1. The number of aliphatic hydroxyl groups excluding tert-OH is 1. The summed E-state index contributed by atoms with van der Waals surface area (Å²) in [6.45, 7) is 9.78. The second-order valence-corrected chi connectivity index (χ2v) is 11.6. The van der Waals surface area contributed by atoms with Crippen LogP contribution in [0.5, 0.6) is 0 Å². The highest BCUT2D eigenvalue weighted by atomic mass is 32.2. The first-order valence-corrected chi connectivity index (χ1v) is 14.1. The third kappa shape index (κ3) is 8.07. The summed E-state index contributed by atoms with van der Waals surface area (Å²) in [5, 5.41) is 17.5. The highest BCUT2D eigenvalue weighted by Gasteiger charge is 2.44. The second-order valence-electron chi connectivity index (χ2n) is 10.3. The molecule has 2 fully saturated rings. The number of rotatable bonds is 13. The molecule has 206 valence electrons. The van der Waals surface area contributed by atoms with Crippen LogP contribution in [0.4, 0.5) is 5.69 Å². The average Bonchev–Trinajstić information content (AvgIpc) is 3.52. The summed E-state index contributed by atoms with van der Waals surface area (Å²) in [7, 11) is 0. The van der Waals surface area contributed by atoms with Crippen LogP contribution in [0.25, 0.3) is 0 Å². The number of likely N-dealkylation sites (tertiary alicyclic amines) is 1. The van der Waals surface area contributed by atoms with Gasteiger partial charge in [0, 0.05) is 30.9 Å². The lowest BCUT2D eigenvalue weighted by Crippen LogP contribution is -2.57. The fraction of sp³-hybridized carbons (Fsp3) is 0.654. The van der Waals surface area contributed by atoms with Gasteiger partial charge in [-0.3, -0.25) is 14.4 Å². The molecule has 0 aromatic heterocycles. The molecule has 0 saturated carbocycles. The van der Waals surface area contributed by atoms with Crippen molar-refractivity contribution in [2.24, 2.45) is 5.73 Å². The summed E-state index contributed by atoms with van der Waals surface area (Å²) < 4.78 is 0. The lowest BCUT2D eigenvalue weighted by molar-refractivity contribution is -0.131. The van der Waals surface area contributed by atoms with E-state index in [1.165, 1.54) is 24.6 Å². The first-order valence-electron chi connectivity index (χ1n) is 13.1. The van der Waals surface area contributed by atoms with Crippen LogP contribution in [0.15, 0.2) is 24.3 Å². The van der Waals surface area contributed by atoms with E-state index in [2.05, 4.69) is 20.9 Å². The minimum Gasteiger partial charge on any atom is -0.394 e. The van der Waals surface area contributed by atoms with E-state index in [0.29, 0.717) is 25.2 Å². The van der Waals surface area contributed by atoms with Gasteiger partial charge < -0.3 is 36.6 Å². The van der Waals surface area contributed by atoms with Gasteiger partial charge in [0.25, 0.3) is 5.91 Å². The van der Waals surface area contributed by atoms with E-state index in [1.54, 1.807) is 30.9 Å². The molecule has 0 bridgehead atoms. The maximum absolute atomic E-state index is 13.0. The Morgan fingerprint density at radius 3 is 2.68 bits per heavy atom. The molecule has 3 atom stereocenters. The summed E-state index contributed by atoms with van der Waals surface area (Å²) in [5.74, 6) is -0.603. The molecule has 6 N–H and O–H groups in total. The first-order chi connectivity index (χ1) is 17.6. The smallest absolute Gasteiger partial charge is 0.251 e. The number of amides is 3. The van der Waals surface area contributed by atoms with Gasteiger partial charge in [0.05, 0.1) is 12.1 Å². The van der Waals surface area contributed by atoms with Gasteiger partial charge in [0.15, 0.2) is 0 Å². The van der Waals surface area contributed by atoms with E-state index >= 15 is 0 Å². The molecule has 2 aliphatic rings. The monoisotopic (exact) mass is 534 g/mol. The molecule has 2 heterocycles. The summed E-state index contributed by atoms with van der Waals surface area (Å²) in [4.78, 5) is 42.3. The Hall–Kier alpha value is -2.34. The maximum atomic E-state index is 13.0. The van der Waals surface area contributed by atoms with Crippen molar-refractivity contribution >= 4 is 35.2 Å². The highest BCUT2D eigenvalue weighted by Crippen LogP contribution is 2.33. The summed E-state index contributed by atoms with van der Waals surface area (Å²) >= 11 is 1.36. The molecule has 1 unspecified atom stereocenters. The predicted molar refractivity (Wildman–Crippen MR) is 147 cm³/mol. The molecule has 37 heavy (non-hydrogen) atoms. The number of aliphatic hydroxyl groups is 1. The van der Waals surface area contributed by atoms with E-state index in [1.807, 2.05) is 19.1 Å². The van der Waals surface area contributed by atoms with Crippen LogP contribution in [-0.2, 0) is 9.59 Å². The topological polar surface area (TPSA) is 140 Å². The molecule has 2 aliphatic heterocycles. The van der Waals surface area contributed by atoms with Crippen LogP contribution in [0, 0.1) is 0 Å². The number of carbonyl (C=O) groups is 3. The SMILES string of the molecule is CCN1C(=O)[C@@H](CNc2cccc(C(=O)NCCCN3CCCC3)c2)SC1[C@H](N)C(=O)NC(C)(C)CO. The van der Waals surface area contributed by atoms with Gasteiger partial charge >= 0.3 is 0 Å². The zero-order chi connectivity index (χ0) is 27.0. The van der Waals surface area contributed by atoms with E-state index in [4.69, 9.17) is 5.73 Å². The molecule has 0 aliphatic carbocycles. The molecule has 1 aromatic rings. The number of hydrogen-bond donors (Lipinski definition) is 5. The number of nitrogens with two attached hydrogens (primary N) is 1. The van der Waals surface area contributed by atoms with E-state index in [9.17, 15) is 19.5 Å². The van der Waals surface area contributed by atoms with Gasteiger partial charge in [-0.05, 0) is 77.9 Å². The molecular weight excluding hydrogens is 492 g/mol. The Morgan fingerprint density at radius 2 is 2.00 bits per heavy atom. The minimum absolute atomic E-state index is 0.0819. The van der Waals surface area contributed by atoms with Crippen LogP contribution in [0.3, 0.4) is 0 Å². The number of hydrogen-bond acceptors (Lipinski definition) is 8.